The van der Waals surface area contributed by atoms with Gasteiger partial charge < -0.3 is 10.7 Å². The van der Waals surface area contributed by atoms with Gasteiger partial charge in [0.15, 0.2) is 0 Å². The summed E-state index contributed by atoms with van der Waals surface area (Å²) in [6, 6.07) is 6.49. The summed E-state index contributed by atoms with van der Waals surface area (Å²) in [4.78, 5) is 14.6. The first kappa shape index (κ1) is 17.5. The number of nitrogens with zero attached hydrogens (tertiary/aromatic N) is 1. The summed E-state index contributed by atoms with van der Waals surface area (Å²) in [7, 11) is 0. The van der Waals surface area contributed by atoms with Crippen molar-refractivity contribution in [3.05, 3.63) is 29.3 Å². The lowest BCUT2D eigenvalue weighted by molar-refractivity contribution is 0.0940. The summed E-state index contributed by atoms with van der Waals surface area (Å²) in [5, 5.41) is 2.96. The van der Waals surface area contributed by atoms with E-state index in [2.05, 4.69) is 43.3 Å². The number of hydrogen-bond donors (Lipinski definition) is 3. The first-order valence-electron chi connectivity index (χ1n) is 7.48. The van der Waals surface area contributed by atoms with E-state index in [0.717, 1.165) is 12.1 Å². The molecule has 0 aliphatic heterocycles. The molecule has 5 heteroatoms. The number of anilines is 1. The van der Waals surface area contributed by atoms with E-state index in [0.29, 0.717) is 29.9 Å². The zero-order valence-corrected chi connectivity index (χ0v) is 13.7. The van der Waals surface area contributed by atoms with Crippen LogP contribution in [0, 0.1) is 6.92 Å². The predicted octanol–water partition coefficient (Wildman–Crippen LogP) is 2.13. The molecule has 0 atom stereocenters. The fourth-order valence-corrected chi connectivity index (χ4v) is 2.48. The van der Waals surface area contributed by atoms with E-state index in [1.165, 1.54) is 0 Å². The Bertz CT molecular complexity index is 463. The van der Waals surface area contributed by atoms with Crippen LogP contribution in [0.4, 0.5) is 5.69 Å². The Labute approximate surface area is 127 Å². The highest BCUT2D eigenvalue weighted by molar-refractivity contribution is 5.99. The largest absolute Gasteiger partial charge is 0.351 e. The van der Waals surface area contributed by atoms with Crippen molar-refractivity contribution in [2.24, 2.45) is 5.84 Å². The molecule has 0 bridgehead atoms. The molecule has 0 fully saturated rings. The van der Waals surface area contributed by atoms with Crippen LogP contribution in [0.2, 0.25) is 0 Å². The summed E-state index contributed by atoms with van der Waals surface area (Å²) in [5.41, 5.74) is 4.87. The van der Waals surface area contributed by atoms with Gasteiger partial charge in [-0.2, -0.15) is 0 Å². The molecule has 0 aliphatic rings. The second kappa shape index (κ2) is 8.00. The number of nitrogens with one attached hydrogen (secondary N) is 2. The summed E-state index contributed by atoms with van der Waals surface area (Å²) < 4.78 is 0. The van der Waals surface area contributed by atoms with Crippen LogP contribution >= 0.6 is 0 Å². The molecule has 1 amide bonds. The monoisotopic (exact) mass is 292 g/mol. The Hall–Kier alpha value is -1.59. The molecule has 118 valence electrons. The van der Waals surface area contributed by atoms with E-state index in [1.807, 2.05) is 19.1 Å². The SMILES string of the molecule is Cc1ccc(C(=O)NCCN(C(C)C)C(C)C)c(NN)c1. The van der Waals surface area contributed by atoms with Gasteiger partial charge in [0.25, 0.3) is 5.91 Å². The van der Waals surface area contributed by atoms with Crippen LogP contribution in [0.5, 0.6) is 0 Å². The van der Waals surface area contributed by atoms with Gasteiger partial charge in [-0.15, -0.1) is 0 Å². The number of carbonyl (C=O) groups excluding carboxylic acids is 1. The summed E-state index contributed by atoms with van der Waals surface area (Å²) in [6.07, 6.45) is 0. The summed E-state index contributed by atoms with van der Waals surface area (Å²) in [6.45, 7) is 12.1. The highest BCUT2D eigenvalue weighted by atomic mass is 16.1. The number of amides is 1. The number of aryl methyl sites for hydroxylation is 1. The van der Waals surface area contributed by atoms with Crippen LogP contribution in [-0.2, 0) is 0 Å². The molecule has 0 saturated carbocycles. The fourth-order valence-electron chi connectivity index (χ4n) is 2.48. The Balaban J connectivity index is 2.62. The van der Waals surface area contributed by atoms with Gasteiger partial charge in [0.2, 0.25) is 0 Å². The Morgan fingerprint density at radius 1 is 1.24 bits per heavy atom. The second-order valence-electron chi connectivity index (χ2n) is 5.87. The van der Waals surface area contributed by atoms with Crippen LogP contribution in [0.15, 0.2) is 18.2 Å². The Morgan fingerprint density at radius 2 is 1.86 bits per heavy atom. The van der Waals surface area contributed by atoms with Gasteiger partial charge in [-0.3, -0.25) is 15.5 Å². The maximum Gasteiger partial charge on any atom is 0.253 e. The zero-order valence-electron chi connectivity index (χ0n) is 13.7. The topological polar surface area (TPSA) is 70.4 Å². The highest BCUT2D eigenvalue weighted by Gasteiger charge is 2.14. The van der Waals surface area contributed by atoms with Crippen molar-refractivity contribution < 1.29 is 4.79 Å². The number of rotatable bonds is 7. The number of nitrogens with two attached hydrogens (primary N) is 1. The van der Waals surface area contributed by atoms with Crippen LogP contribution in [0.1, 0.15) is 43.6 Å². The van der Waals surface area contributed by atoms with Crippen molar-refractivity contribution in [2.45, 2.75) is 46.7 Å². The summed E-state index contributed by atoms with van der Waals surface area (Å²) in [5.74, 6) is 5.37. The highest BCUT2D eigenvalue weighted by Crippen LogP contribution is 2.16. The van der Waals surface area contributed by atoms with Gasteiger partial charge in [0.1, 0.15) is 0 Å². The maximum absolute atomic E-state index is 12.2. The van der Waals surface area contributed by atoms with Crippen LogP contribution in [-0.4, -0.2) is 36.0 Å². The quantitative estimate of drug-likeness (QED) is 0.532. The zero-order chi connectivity index (χ0) is 16.0. The van der Waals surface area contributed by atoms with Gasteiger partial charge in [0.05, 0.1) is 11.3 Å². The van der Waals surface area contributed by atoms with E-state index in [9.17, 15) is 4.79 Å². The number of hydrogen-bond acceptors (Lipinski definition) is 4. The lowest BCUT2D eigenvalue weighted by Gasteiger charge is -2.30. The summed E-state index contributed by atoms with van der Waals surface area (Å²) >= 11 is 0. The standard InChI is InChI=1S/C16H28N4O/c1-11(2)20(12(3)4)9-8-18-16(21)14-7-6-13(5)10-15(14)19-17/h6-7,10-12,19H,8-9,17H2,1-5H3,(H,18,21). The molecule has 5 nitrogen and oxygen atoms in total. The third-order valence-corrected chi connectivity index (χ3v) is 3.56. The molecule has 0 aromatic heterocycles. The molecular formula is C16H28N4O. The van der Waals surface area contributed by atoms with Gasteiger partial charge in [-0.05, 0) is 52.3 Å². The van der Waals surface area contributed by atoms with Gasteiger partial charge in [-0.25, -0.2) is 0 Å². The molecule has 0 heterocycles. The molecule has 4 N–H and O–H groups in total. The van der Waals surface area contributed by atoms with Crippen molar-refractivity contribution in [3.63, 3.8) is 0 Å². The number of hydrazine groups is 1. The molecule has 0 aliphatic carbocycles. The number of carbonyl (C=O) groups is 1. The van der Waals surface area contributed by atoms with Crippen molar-refractivity contribution >= 4 is 11.6 Å². The predicted molar refractivity (Wildman–Crippen MR) is 88.3 cm³/mol. The third-order valence-electron chi connectivity index (χ3n) is 3.56. The van der Waals surface area contributed by atoms with Crippen molar-refractivity contribution in [2.75, 3.05) is 18.5 Å². The van der Waals surface area contributed by atoms with E-state index >= 15 is 0 Å². The fraction of sp³-hybridized carbons (Fsp3) is 0.562. The van der Waals surface area contributed by atoms with Gasteiger partial charge in [-0.1, -0.05) is 6.07 Å². The van der Waals surface area contributed by atoms with Gasteiger partial charge >= 0.3 is 0 Å². The van der Waals surface area contributed by atoms with E-state index in [1.54, 1.807) is 6.07 Å². The minimum absolute atomic E-state index is 0.101. The van der Waals surface area contributed by atoms with Crippen molar-refractivity contribution in [3.8, 4) is 0 Å². The van der Waals surface area contributed by atoms with Crippen LogP contribution < -0.4 is 16.6 Å². The Kier molecular flexibility index (Phi) is 6.65. The molecule has 1 aromatic rings. The van der Waals surface area contributed by atoms with Crippen LogP contribution in [0.3, 0.4) is 0 Å². The minimum Gasteiger partial charge on any atom is -0.351 e. The van der Waals surface area contributed by atoms with Crippen molar-refractivity contribution in [1.29, 1.82) is 0 Å². The van der Waals surface area contributed by atoms with E-state index in [-0.39, 0.29) is 5.91 Å². The second-order valence-corrected chi connectivity index (χ2v) is 5.87. The lowest BCUT2D eigenvalue weighted by atomic mass is 10.1. The molecule has 0 unspecified atom stereocenters. The number of nitrogen functional groups attached to an aromatic ring is 1. The first-order chi connectivity index (χ1) is 9.86. The molecule has 0 spiro atoms. The maximum atomic E-state index is 12.2. The third kappa shape index (κ3) is 5.02. The lowest BCUT2D eigenvalue weighted by Crippen LogP contribution is -2.42. The average molecular weight is 292 g/mol. The van der Waals surface area contributed by atoms with E-state index in [4.69, 9.17) is 5.84 Å². The molecule has 1 aromatic carbocycles. The Morgan fingerprint density at radius 3 is 2.38 bits per heavy atom. The molecule has 21 heavy (non-hydrogen) atoms. The molecular weight excluding hydrogens is 264 g/mol. The normalized spacial score (nSPS) is 11.3. The van der Waals surface area contributed by atoms with Gasteiger partial charge in [0, 0.05) is 25.2 Å². The average Bonchev–Trinajstić information content (AvgIpc) is 2.42. The smallest absolute Gasteiger partial charge is 0.253 e. The van der Waals surface area contributed by atoms with E-state index < -0.39 is 0 Å². The first-order valence-corrected chi connectivity index (χ1v) is 7.48. The van der Waals surface area contributed by atoms with Crippen molar-refractivity contribution in [1.82, 2.24) is 10.2 Å². The van der Waals surface area contributed by atoms with Crippen LogP contribution in [0.25, 0.3) is 0 Å². The molecule has 0 radical (unpaired) electrons. The molecule has 0 saturated heterocycles. The molecule has 1 rings (SSSR count). The minimum atomic E-state index is -0.101. The number of benzene rings is 1.